The summed E-state index contributed by atoms with van der Waals surface area (Å²) in [5, 5.41) is 3.60. The summed E-state index contributed by atoms with van der Waals surface area (Å²) in [6, 6.07) is 0. The molecule has 0 aromatic rings. The normalized spacial score (nSPS) is 17.2. The Balaban J connectivity index is 3.50. The second kappa shape index (κ2) is 5.27. The van der Waals surface area contributed by atoms with Crippen LogP contribution in [0.2, 0.25) is 0 Å². The molecule has 2 heteroatoms. The van der Waals surface area contributed by atoms with Gasteiger partial charge in [0.2, 0.25) is 0 Å². The average Bonchev–Trinajstić information content (AvgIpc) is 1.98. The van der Waals surface area contributed by atoms with E-state index in [2.05, 4.69) is 25.9 Å². The molecule has 2 unspecified atom stereocenters. The van der Waals surface area contributed by atoms with E-state index in [0.29, 0.717) is 5.92 Å². The van der Waals surface area contributed by atoms with Gasteiger partial charge in [0.15, 0.2) is 0 Å². The number of hydrogen-bond acceptors (Lipinski definition) is 2. The van der Waals surface area contributed by atoms with Crippen molar-refractivity contribution in [3.8, 4) is 0 Å². The van der Waals surface area contributed by atoms with Gasteiger partial charge in [-0.15, -0.1) is 0 Å². The molecule has 0 rings (SSSR count). The molecule has 10 heavy (non-hydrogen) atoms. The Morgan fingerprint density at radius 3 is 2.60 bits per heavy atom. The zero-order chi connectivity index (χ0) is 7.98. The van der Waals surface area contributed by atoms with Crippen LogP contribution in [0.5, 0.6) is 0 Å². The molecule has 0 fully saturated rings. The summed E-state index contributed by atoms with van der Waals surface area (Å²) >= 11 is 0. The lowest BCUT2D eigenvalue weighted by Crippen LogP contribution is -2.14. The first-order chi connectivity index (χ1) is 4.72. The molecule has 0 spiro atoms. The minimum atomic E-state index is 0.197. The van der Waals surface area contributed by atoms with Crippen LogP contribution in [0, 0.1) is 12.8 Å². The maximum Gasteiger partial charge on any atom is 0.127 e. The van der Waals surface area contributed by atoms with Crippen molar-refractivity contribution in [2.24, 2.45) is 11.1 Å². The minimum absolute atomic E-state index is 0.197. The fourth-order valence-corrected chi connectivity index (χ4v) is 0.575. The molecule has 2 atom stereocenters. The van der Waals surface area contributed by atoms with Crippen LogP contribution >= 0.6 is 0 Å². The summed E-state index contributed by atoms with van der Waals surface area (Å²) in [6.45, 7) is 9.72. The van der Waals surface area contributed by atoms with E-state index in [1.54, 1.807) is 0 Å². The Kier molecular flexibility index (Phi) is 4.99. The van der Waals surface area contributed by atoms with E-state index in [-0.39, 0.29) is 6.10 Å². The van der Waals surface area contributed by atoms with Gasteiger partial charge in [0.25, 0.3) is 0 Å². The first-order valence-corrected chi connectivity index (χ1v) is 3.69. The van der Waals surface area contributed by atoms with Crippen LogP contribution < -0.4 is 0 Å². The molecular weight excluding hydrogens is 126 g/mol. The SMILES string of the molecule is [CH2]C=NOC(C)C(C)CC. The van der Waals surface area contributed by atoms with Gasteiger partial charge in [-0.3, -0.25) is 0 Å². The monoisotopic (exact) mass is 142 g/mol. The van der Waals surface area contributed by atoms with Crippen molar-refractivity contribution >= 4 is 6.21 Å². The highest BCUT2D eigenvalue weighted by molar-refractivity contribution is 5.60. The molecule has 0 aliphatic heterocycles. The van der Waals surface area contributed by atoms with Gasteiger partial charge in [0.05, 0.1) is 0 Å². The molecule has 0 aliphatic rings. The minimum Gasteiger partial charge on any atom is -0.393 e. The van der Waals surface area contributed by atoms with Gasteiger partial charge >= 0.3 is 0 Å². The van der Waals surface area contributed by atoms with Gasteiger partial charge in [-0.25, -0.2) is 0 Å². The second-order valence-corrected chi connectivity index (χ2v) is 2.48. The summed E-state index contributed by atoms with van der Waals surface area (Å²) in [4.78, 5) is 5.05. The lowest BCUT2D eigenvalue weighted by molar-refractivity contribution is 0.0348. The molecule has 0 bridgehead atoms. The first kappa shape index (κ1) is 9.47. The quantitative estimate of drug-likeness (QED) is 0.436. The highest BCUT2D eigenvalue weighted by Gasteiger charge is 2.09. The largest absolute Gasteiger partial charge is 0.393 e. The number of oxime groups is 1. The van der Waals surface area contributed by atoms with E-state index >= 15 is 0 Å². The molecule has 0 aliphatic carbocycles. The summed E-state index contributed by atoms with van der Waals surface area (Å²) in [7, 11) is 0. The Bertz CT molecular complexity index is 101. The van der Waals surface area contributed by atoms with Crippen LogP contribution in [0.1, 0.15) is 27.2 Å². The second-order valence-electron chi connectivity index (χ2n) is 2.48. The highest BCUT2D eigenvalue weighted by Crippen LogP contribution is 2.10. The van der Waals surface area contributed by atoms with E-state index in [1.807, 2.05) is 6.92 Å². The van der Waals surface area contributed by atoms with Crippen LogP contribution in [0.3, 0.4) is 0 Å². The smallest absolute Gasteiger partial charge is 0.127 e. The number of hydrogen-bond donors (Lipinski definition) is 0. The van der Waals surface area contributed by atoms with Gasteiger partial charge in [-0.2, -0.15) is 0 Å². The molecule has 0 aromatic carbocycles. The first-order valence-electron chi connectivity index (χ1n) is 3.69. The van der Waals surface area contributed by atoms with Crippen molar-refractivity contribution in [1.82, 2.24) is 0 Å². The Hall–Kier alpha value is -0.530. The average molecular weight is 142 g/mol. The van der Waals surface area contributed by atoms with Crippen molar-refractivity contribution in [2.75, 3.05) is 0 Å². The van der Waals surface area contributed by atoms with E-state index in [1.165, 1.54) is 6.21 Å². The predicted molar refractivity (Wildman–Crippen MR) is 43.9 cm³/mol. The van der Waals surface area contributed by atoms with Gasteiger partial charge in [0, 0.05) is 6.21 Å². The van der Waals surface area contributed by atoms with Crippen LogP contribution in [-0.2, 0) is 4.84 Å². The van der Waals surface area contributed by atoms with Crippen LogP contribution in [0.4, 0.5) is 0 Å². The van der Waals surface area contributed by atoms with Crippen LogP contribution in [-0.4, -0.2) is 12.3 Å². The molecular formula is C8H16NO. The Morgan fingerprint density at radius 2 is 2.20 bits per heavy atom. The predicted octanol–water partition coefficient (Wildman–Crippen LogP) is 2.26. The van der Waals surface area contributed by atoms with Crippen molar-refractivity contribution in [2.45, 2.75) is 33.3 Å². The number of nitrogens with zero attached hydrogens (tertiary/aromatic N) is 1. The Labute approximate surface area is 63.3 Å². The van der Waals surface area contributed by atoms with Crippen molar-refractivity contribution in [1.29, 1.82) is 0 Å². The highest BCUT2D eigenvalue weighted by atomic mass is 16.6. The third kappa shape index (κ3) is 3.49. The Morgan fingerprint density at radius 1 is 1.60 bits per heavy atom. The molecule has 0 aromatic heterocycles. The van der Waals surface area contributed by atoms with E-state index < -0.39 is 0 Å². The van der Waals surface area contributed by atoms with Crippen molar-refractivity contribution in [3.05, 3.63) is 6.92 Å². The summed E-state index contributed by atoms with van der Waals surface area (Å²) < 4.78 is 0. The molecule has 0 saturated heterocycles. The zero-order valence-corrected chi connectivity index (χ0v) is 7.00. The molecule has 59 valence electrons. The van der Waals surface area contributed by atoms with Crippen molar-refractivity contribution < 1.29 is 4.84 Å². The molecule has 0 N–H and O–H groups in total. The summed E-state index contributed by atoms with van der Waals surface area (Å²) in [5.41, 5.74) is 0. The van der Waals surface area contributed by atoms with E-state index in [0.717, 1.165) is 6.42 Å². The summed E-state index contributed by atoms with van der Waals surface area (Å²) in [5.74, 6) is 0.559. The maximum atomic E-state index is 5.05. The fraction of sp³-hybridized carbons (Fsp3) is 0.750. The number of rotatable bonds is 4. The van der Waals surface area contributed by atoms with Gasteiger partial charge in [0.1, 0.15) is 6.10 Å². The van der Waals surface area contributed by atoms with Gasteiger partial charge in [-0.1, -0.05) is 19.0 Å². The molecule has 0 saturated carbocycles. The maximum absolute atomic E-state index is 5.05. The van der Waals surface area contributed by atoms with Crippen LogP contribution in [0.15, 0.2) is 5.16 Å². The lowest BCUT2D eigenvalue weighted by atomic mass is 10.0. The van der Waals surface area contributed by atoms with E-state index in [9.17, 15) is 0 Å². The lowest BCUT2D eigenvalue weighted by Gasteiger charge is -2.15. The van der Waals surface area contributed by atoms with Gasteiger partial charge in [-0.05, 0) is 26.2 Å². The third-order valence-corrected chi connectivity index (χ3v) is 1.75. The molecule has 1 radical (unpaired) electrons. The van der Waals surface area contributed by atoms with Crippen molar-refractivity contribution in [3.63, 3.8) is 0 Å². The molecule has 2 nitrogen and oxygen atoms in total. The molecule has 0 heterocycles. The molecule has 0 amide bonds. The summed E-state index contributed by atoms with van der Waals surface area (Å²) in [6.07, 6.45) is 2.73. The topological polar surface area (TPSA) is 21.6 Å². The van der Waals surface area contributed by atoms with E-state index in [4.69, 9.17) is 4.84 Å². The van der Waals surface area contributed by atoms with Gasteiger partial charge < -0.3 is 4.84 Å². The third-order valence-electron chi connectivity index (χ3n) is 1.75. The van der Waals surface area contributed by atoms with Crippen LogP contribution in [0.25, 0.3) is 0 Å². The standard InChI is InChI=1S/C8H16NO/c1-5-7(3)8(4)10-9-6-2/h6-8H,2,5H2,1,3-4H3. The fourth-order valence-electron chi connectivity index (χ4n) is 0.575. The zero-order valence-electron chi connectivity index (χ0n) is 7.00.